The number of hydrogen-bond acceptors (Lipinski definition) is 5. The van der Waals surface area contributed by atoms with E-state index in [1.807, 2.05) is 24.3 Å². The van der Waals surface area contributed by atoms with Crippen LogP contribution in [-0.2, 0) is 0 Å². The predicted molar refractivity (Wildman–Crippen MR) is 85.5 cm³/mol. The molecule has 1 saturated heterocycles. The van der Waals surface area contributed by atoms with E-state index in [1.54, 1.807) is 12.1 Å². The Hall–Kier alpha value is -2.27. The molecule has 5 nitrogen and oxygen atoms in total. The molecule has 1 aromatic heterocycles. The normalized spacial score (nSPS) is 16.1. The van der Waals surface area contributed by atoms with Crippen LogP contribution in [0.4, 0.5) is 11.5 Å². The molecule has 0 radical (unpaired) electrons. The molecule has 0 amide bonds. The van der Waals surface area contributed by atoms with Crippen molar-refractivity contribution in [3.05, 3.63) is 36.4 Å². The molecule has 1 fully saturated rings. The summed E-state index contributed by atoms with van der Waals surface area (Å²) in [6.07, 6.45) is 0. The number of likely N-dealkylation sites (N-methyl/N-ethyl adjacent to an activating group) is 1. The average molecular weight is 284 g/mol. The van der Waals surface area contributed by atoms with Gasteiger partial charge in [-0.2, -0.15) is 0 Å². The van der Waals surface area contributed by atoms with Crippen LogP contribution in [0.2, 0.25) is 0 Å². The zero-order valence-electron chi connectivity index (χ0n) is 12.2. The first-order valence-corrected chi connectivity index (χ1v) is 7.13. The Labute approximate surface area is 124 Å². The highest BCUT2D eigenvalue weighted by Gasteiger charge is 2.17. The molecular weight excluding hydrogens is 264 g/mol. The molecule has 2 heterocycles. The van der Waals surface area contributed by atoms with Gasteiger partial charge in [0.2, 0.25) is 0 Å². The summed E-state index contributed by atoms with van der Waals surface area (Å²) < 4.78 is 0. The highest BCUT2D eigenvalue weighted by Crippen LogP contribution is 2.32. The fourth-order valence-corrected chi connectivity index (χ4v) is 2.56. The van der Waals surface area contributed by atoms with E-state index in [1.165, 1.54) is 0 Å². The molecule has 5 heteroatoms. The summed E-state index contributed by atoms with van der Waals surface area (Å²) in [7, 11) is 2.13. The van der Waals surface area contributed by atoms with Crippen molar-refractivity contribution in [2.24, 2.45) is 0 Å². The Morgan fingerprint density at radius 2 is 1.76 bits per heavy atom. The van der Waals surface area contributed by atoms with Gasteiger partial charge in [0, 0.05) is 31.7 Å². The Kier molecular flexibility index (Phi) is 3.66. The smallest absolute Gasteiger partial charge is 0.129 e. The van der Waals surface area contributed by atoms with Gasteiger partial charge in [0.1, 0.15) is 11.6 Å². The van der Waals surface area contributed by atoms with Crippen LogP contribution in [0, 0.1) is 0 Å². The number of aromatic nitrogens is 1. The number of para-hydroxylation sites is 1. The van der Waals surface area contributed by atoms with Crippen LogP contribution in [0.15, 0.2) is 36.4 Å². The lowest BCUT2D eigenvalue weighted by Gasteiger charge is -2.33. The van der Waals surface area contributed by atoms with E-state index in [0.29, 0.717) is 16.9 Å². The third-order valence-electron chi connectivity index (χ3n) is 3.90. The van der Waals surface area contributed by atoms with Gasteiger partial charge in [0.15, 0.2) is 0 Å². The Bertz CT molecular complexity index is 636. The standard InChI is InChI=1S/C16H20N4O/c1-19-8-10-20(11-9-19)15-7-6-13(17)16(18-15)12-4-2-3-5-14(12)21/h2-7,21H,8-11,17H2,1H3. The second kappa shape index (κ2) is 5.61. The number of nitrogens with two attached hydrogens (primary N) is 1. The molecule has 21 heavy (non-hydrogen) atoms. The highest BCUT2D eigenvalue weighted by atomic mass is 16.3. The average Bonchev–Trinajstić information content (AvgIpc) is 2.50. The summed E-state index contributed by atoms with van der Waals surface area (Å²) in [6.45, 7) is 3.96. The van der Waals surface area contributed by atoms with E-state index in [4.69, 9.17) is 5.73 Å². The summed E-state index contributed by atoms with van der Waals surface area (Å²) in [5.74, 6) is 1.11. The molecule has 1 aliphatic rings. The van der Waals surface area contributed by atoms with Gasteiger partial charge < -0.3 is 20.6 Å². The number of anilines is 2. The second-order valence-electron chi connectivity index (χ2n) is 5.41. The van der Waals surface area contributed by atoms with Gasteiger partial charge in [0.25, 0.3) is 0 Å². The molecule has 110 valence electrons. The largest absolute Gasteiger partial charge is 0.507 e. The zero-order valence-corrected chi connectivity index (χ0v) is 12.2. The van der Waals surface area contributed by atoms with Gasteiger partial charge >= 0.3 is 0 Å². The molecule has 0 atom stereocenters. The maximum Gasteiger partial charge on any atom is 0.129 e. The zero-order chi connectivity index (χ0) is 14.8. The highest BCUT2D eigenvalue weighted by molar-refractivity contribution is 5.78. The number of pyridine rings is 1. The first-order valence-electron chi connectivity index (χ1n) is 7.13. The number of piperazine rings is 1. The SMILES string of the molecule is CN1CCN(c2ccc(N)c(-c3ccccc3O)n2)CC1. The van der Waals surface area contributed by atoms with E-state index < -0.39 is 0 Å². The minimum Gasteiger partial charge on any atom is -0.507 e. The van der Waals surface area contributed by atoms with Crippen molar-refractivity contribution >= 4 is 11.5 Å². The minimum atomic E-state index is 0.201. The number of aromatic hydroxyl groups is 1. The fraction of sp³-hybridized carbons (Fsp3) is 0.312. The summed E-state index contributed by atoms with van der Waals surface area (Å²) in [5, 5.41) is 10.0. The lowest BCUT2D eigenvalue weighted by molar-refractivity contribution is 0.312. The molecule has 0 saturated carbocycles. The number of benzene rings is 1. The van der Waals surface area contributed by atoms with Crippen LogP contribution in [0.5, 0.6) is 5.75 Å². The molecule has 0 aliphatic carbocycles. The number of rotatable bonds is 2. The fourth-order valence-electron chi connectivity index (χ4n) is 2.56. The second-order valence-corrected chi connectivity index (χ2v) is 5.41. The molecule has 0 bridgehead atoms. The maximum absolute atomic E-state index is 10.0. The number of phenolic OH excluding ortho intramolecular Hbond substituents is 1. The number of nitrogens with zero attached hydrogens (tertiary/aromatic N) is 3. The topological polar surface area (TPSA) is 65.6 Å². The van der Waals surface area contributed by atoms with Crippen molar-refractivity contribution in [1.29, 1.82) is 0 Å². The summed E-state index contributed by atoms with van der Waals surface area (Å²) in [5.41, 5.74) is 7.94. The van der Waals surface area contributed by atoms with Crippen LogP contribution in [0.25, 0.3) is 11.3 Å². The predicted octanol–water partition coefficient (Wildman–Crippen LogP) is 1.79. The molecule has 1 aromatic carbocycles. The first kappa shape index (κ1) is 13.7. The summed E-state index contributed by atoms with van der Waals surface area (Å²) in [6, 6.07) is 11.0. The van der Waals surface area contributed by atoms with Gasteiger partial charge in [-0.3, -0.25) is 0 Å². The number of nitrogen functional groups attached to an aromatic ring is 1. The van der Waals surface area contributed by atoms with Crippen molar-refractivity contribution in [3.8, 4) is 17.0 Å². The first-order chi connectivity index (χ1) is 10.1. The molecule has 0 spiro atoms. The van der Waals surface area contributed by atoms with Crippen LogP contribution in [0.3, 0.4) is 0 Å². The van der Waals surface area contributed by atoms with Crippen molar-refractivity contribution in [2.45, 2.75) is 0 Å². The van der Waals surface area contributed by atoms with E-state index in [2.05, 4.69) is 21.8 Å². The van der Waals surface area contributed by atoms with Gasteiger partial charge in [-0.25, -0.2) is 4.98 Å². The summed E-state index contributed by atoms with van der Waals surface area (Å²) in [4.78, 5) is 9.23. The Balaban J connectivity index is 1.95. The minimum absolute atomic E-state index is 0.201. The van der Waals surface area contributed by atoms with Gasteiger partial charge in [0.05, 0.1) is 11.4 Å². The van der Waals surface area contributed by atoms with Gasteiger partial charge in [-0.05, 0) is 31.3 Å². The lowest BCUT2D eigenvalue weighted by Crippen LogP contribution is -2.44. The quantitative estimate of drug-likeness (QED) is 0.880. The molecular formula is C16H20N4O. The lowest BCUT2D eigenvalue weighted by atomic mass is 10.1. The molecule has 2 aromatic rings. The van der Waals surface area contributed by atoms with Crippen molar-refractivity contribution in [3.63, 3.8) is 0 Å². The molecule has 3 rings (SSSR count). The number of hydrogen-bond donors (Lipinski definition) is 2. The van der Waals surface area contributed by atoms with Crippen molar-refractivity contribution in [1.82, 2.24) is 9.88 Å². The van der Waals surface area contributed by atoms with E-state index in [0.717, 1.165) is 32.0 Å². The molecule has 3 N–H and O–H groups in total. The van der Waals surface area contributed by atoms with Gasteiger partial charge in [-0.1, -0.05) is 12.1 Å². The Morgan fingerprint density at radius 1 is 1.05 bits per heavy atom. The molecule has 1 aliphatic heterocycles. The summed E-state index contributed by atoms with van der Waals surface area (Å²) >= 11 is 0. The van der Waals surface area contributed by atoms with Crippen LogP contribution in [0.1, 0.15) is 0 Å². The van der Waals surface area contributed by atoms with Crippen molar-refractivity contribution in [2.75, 3.05) is 43.9 Å². The van der Waals surface area contributed by atoms with E-state index >= 15 is 0 Å². The Morgan fingerprint density at radius 3 is 2.48 bits per heavy atom. The van der Waals surface area contributed by atoms with Crippen LogP contribution < -0.4 is 10.6 Å². The molecule has 0 unspecified atom stereocenters. The van der Waals surface area contributed by atoms with Crippen molar-refractivity contribution < 1.29 is 5.11 Å². The third kappa shape index (κ3) is 2.78. The van der Waals surface area contributed by atoms with Gasteiger partial charge in [-0.15, -0.1) is 0 Å². The maximum atomic E-state index is 10.0. The van der Waals surface area contributed by atoms with E-state index in [9.17, 15) is 5.11 Å². The third-order valence-corrected chi connectivity index (χ3v) is 3.90. The van der Waals surface area contributed by atoms with Crippen LogP contribution >= 0.6 is 0 Å². The number of phenols is 1. The monoisotopic (exact) mass is 284 g/mol. The van der Waals surface area contributed by atoms with E-state index in [-0.39, 0.29) is 5.75 Å². The van der Waals surface area contributed by atoms with Crippen LogP contribution in [-0.4, -0.2) is 48.2 Å².